The first-order valence-corrected chi connectivity index (χ1v) is 9.95. The van der Waals surface area contributed by atoms with Crippen molar-refractivity contribution in [1.82, 2.24) is 0 Å². The number of carbonyl (C=O) groups is 1. The summed E-state index contributed by atoms with van der Waals surface area (Å²) in [5.41, 5.74) is 1.61. The zero-order valence-corrected chi connectivity index (χ0v) is 15.4. The Morgan fingerprint density at radius 2 is 1.85 bits per heavy atom. The molecule has 9 heteroatoms. The summed E-state index contributed by atoms with van der Waals surface area (Å²) in [6, 6.07) is 12.1. The molecule has 0 atom stereocenters. The largest absolute Gasteiger partial charge is 0.478 e. The molecule has 1 heterocycles. The van der Waals surface area contributed by atoms with Crippen LogP contribution in [0.15, 0.2) is 47.4 Å². The van der Waals surface area contributed by atoms with Gasteiger partial charge in [0.1, 0.15) is 4.90 Å². The summed E-state index contributed by atoms with van der Waals surface area (Å²) in [6.07, 6.45) is 0. The summed E-state index contributed by atoms with van der Waals surface area (Å²) in [7, 11) is -4.13. The number of rotatable bonds is 6. The van der Waals surface area contributed by atoms with Gasteiger partial charge in [0.15, 0.2) is 0 Å². The number of nitrogens with two attached hydrogens (primary N) is 1. The van der Waals surface area contributed by atoms with Gasteiger partial charge in [0.2, 0.25) is 10.0 Å². The van der Waals surface area contributed by atoms with Crippen molar-refractivity contribution in [2.75, 3.05) is 36.5 Å². The van der Waals surface area contributed by atoms with Crippen LogP contribution < -0.4 is 15.4 Å². The van der Waals surface area contributed by atoms with Gasteiger partial charge in [-0.15, -0.1) is 0 Å². The normalized spacial score (nSPS) is 14.8. The molecule has 8 nitrogen and oxygen atoms in total. The molecule has 2 aromatic carbocycles. The number of aromatic carboxylic acids is 1. The fraction of sp³-hybridized carbons (Fsp3) is 0.278. The minimum absolute atomic E-state index is 0.147. The third-order valence-corrected chi connectivity index (χ3v) is 5.21. The van der Waals surface area contributed by atoms with Crippen LogP contribution >= 0.6 is 0 Å². The molecule has 0 amide bonds. The molecule has 0 aromatic heterocycles. The molecule has 1 fully saturated rings. The molecule has 0 radical (unpaired) electrons. The molecule has 144 valence electrons. The Morgan fingerprint density at radius 1 is 1.19 bits per heavy atom. The van der Waals surface area contributed by atoms with Crippen LogP contribution in [-0.4, -0.2) is 45.8 Å². The molecule has 0 spiro atoms. The van der Waals surface area contributed by atoms with Crippen LogP contribution in [0.1, 0.15) is 15.9 Å². The van der Waals surface area contributed by atoms with E-state index in [0.29, 0.717) is 44.2 Å². The van der Waals surface area contributed by atoms with Gasteiger partial charge in [0.25, 0.3) is 0 Å². The van der Waals surface area contributed by atoms with Crippen LogP contribution in [0.25, 0.3) is 0 Å². The summed E-state index contributed by atoms with van der Waals surface area (Å²) < 4.78 is 29.7. The summed E-state index contributed by atoms with van der Waals surface area (Å²) in [5, 5.41) is 18.0. The van der Waals surface area contributed by atoms with Crippen molar-refractivity contribution in [3.8, 4) is 0 Å². The Labute approximate surface area is 157 Å². The molecule has 1 saturated heterocycles. The second kappa shape index (κ2) is 7.95. The number of carboxylic acids is 1. The Morgan fingerprint density at radius 3 is 2.44 bits per heavy atom. The second-order valence-electron chi connectivity index (χ2n) is 6.16. The van der Waals surface area contributed by atoms with Crippen LogP contribution in [-0.2, 0) is 21.3 Å². The topological polar surface area (TPSA) is 122 Å². The van der Waals surface area contributed by atoms with Gasteiger partial charge < -0.3 is 20.1 Å². The van der Waals surface area contributed by atoms with E-state index in [1.165, 1.54) is 6.07 Å². The third-order valence-electron chi connectivity index (χ3n) is 4.28. The maximum Gasteiger partial charge on any atom is 0.335 e. The number of hydrogen-bond acceptors (Lipinski definition) is 6. The lowest BCUT2D eigenvalue weighted by Crippen LogP contribution is -2.38. The zero-order valence-electron chi connectivity index (χ0n) is 14.6. The summed E-state index contributed by atoms with van der Waals surface area (Å²) in [5.74, 6) is -1.23. The third kappa shape index (κ3) is 4.57. The zero-order chi connectivity index (χ0) is 19.4. The number of nitrogens with zero attached hydrogens (tertiary/aromatic N) is 1. The van der Waals surface area contributed by atoms with Gasteiger partial charge in [0.05, 0.1) is 30.2 Å². The molecule has 0 unspecified atom stereocenters. The van der Waals surface area contributed by atoms with E-state index in [1.807, 2.05) is 35.2 Å². The van der Waals surface area contributed by atoms with Crippen LogP contribution in [0.3, 0.4) is 0 Å². The first-order valence-electron chi connectivity index (χ1n) is 8.41. The minimum atomic E-state index is -4.13. The fourth-order valence-corrected chi connectivity index (χ4v) is 3.79. The highest BCUT2D eigenvalue weighted by molar-refractivity contribution is 7.89. The van der Waals surface area contributed by atoms with Gasteiger partial charge in [-0.2, -0.15) is 0 Å². The van der Waals surface area contributed by atoms with Gasteiger partial charge in [-0.25, -0.2) is 18.4 Å². The quantitative estimate of drug-likeness (QED) is 0.682. The molecule has 27 heavy (non-hydrogen) atoms. The minimum Gasteiger partial charge on any atom is -0.478 e. The van der Waals surface area contributed by atoms with Crippen molar-refractivity contribution < 1.29 is 23.1 Å². The highest BCUT2D eigenvalue weighted by atomic mass is 32.2. The average Bonchev–Trinajstić information content (AvgIpc) is 2.66. The van der Waals surface area contributed by atoms with Gasteiger partial charge in [-0.3, -0.25) is 0 Å². The standard InChI is InChI=1S/C18H21N3O5S/c19-27(24,25)16-11-14(18(22)23)10-15(17(16)21-6-8-26-9-7-21)20-12-13-4-2-1-3-5-13/h1-5,10-11,20H,6-9,12H2,(H,22,23)(H2,19,24,25). The van der Waals surface area contributed by atoms with E-state index in [-0.39, 0.29) is 10.5 Å². The highest BCUT2D eigenvalue weighted by Gasteiger charge is 2.26. The first kappa shape index (κ1) is 19.2. The van der Waals surface area contributed by atoms with E-state index in [2.05, 4.69) is 5.32 Å². The first-order chi connectivity index (χ1) is 12.9. The van der Waals surface area contributed by atoms with Crippen LogP contribution in [0.2, 0.25) is 0 Å². The average molecular weight is 391 g/mol. The lowest BCUT2D eigenvalue weighted by Gasteiger charge is -2.32. The maximum absolute atomic E-state index is 12.2. The van der Waals surface area contributed by atoms with Crippen molar-refractivity contribution in [3.63, 3.8) is 0 Å². The smallest absolute Gasteiger partial charge is 0.335 e. The number of morpholine rings is 1. The van der Waals surface area contributed by atoms with Crippen molar-refractivity contribution in [1.29, 1.82) is 0 Å². The second-order valence-corrected chi connectivity index (χ2v) is 7.69. The molecule has 1 aliphatic rings. The summed E-state index contributed by atoms with van der Waals surface area (Å²) in [4.78, 5) is 13.1. The molecule has 0 aliphatic carbocycles. The Balaban J connectivity index is 2.09. The van der Waals surface area contributed by atoms with Gasteiger partial charge in [-0.1, -0.05) is 30.3 Å². The van der Waals surface area contributed by atoms with E-state index >= 15 is 0 Å². The van der Waals surface area contributed by atoms with Crippen molar-refractivity contribution in [3.05, 3.63) is 53.6 Å². The Hall–Kier alpha value is -2.62. The lowest BCUT2D eigenvalue weighted by atomic mass is 10.1. The summed E-state index contributed by atoms with van der Waals surface area (Å²) >= 11 is 0. The van der Waals surface area contributed by atoms with E-state index < -0.39 is 16.0 Å². The number of carboxylic acid groups (broad SMARTS) is 1. The van der Waals surface area contributed by atoms with E-state index in [9.17, 15) is 18.3 Å². The fourth-order valence-electron chi connectivity index (χ4n) is 2.99. The summed E-state index contributed by atoms with van der Waals surface area (Å²) in [6.45, 7) is 2.26. The number of ether oxygens (including phenoxy) is 1. The van der Waals surface area contributed by atoms with Gasteiger partial charge in [-0.05, 0) is 17.7 Å². The lowest BCUT2D eigenvalue weighted by molar-refractivity contribution is 0.0696. The number of sulfonamides is 1. The molecule has 4 N–H and O–H groups in total. The number of anilines is 2. The van der Waals surface area contributed by atoms with E-state index in [1.54, 1.807) is 0 Å². The van der Waals surface area contributed by atoms with Crippen LogP contribution in [0, 0.1) is 0 Å². The number of nitrogens with one attached hydrogen (secondary N) is 1. The van der Waals surface area contributed by atoms with Gasteiger partial charge >= 0.3 is 5.97 Å². The SMILES string of the molecule is NS(=O)(=O)c1cc(C(=O)O)cc(NCc2ccccc2)c1N1CCOCC1. The van der Waals surface area contributed by atoms with Gasteiger partial charge in [0, 0.05) is 19.6 Å². The monoisotopic (exact) mass is 391 g/mol. The predicted molar refractivity (Wildman–Crippen MR) is 102 cm³/mol. The highest BCUT2D eigenvalue weighted by Crippen LogP contribution is 2.35. The van der Waals surface area contributed by atoms with E-state index in [0.717, 1.165) is 11.6 Å². The predicted octanol–water partition coefficient (Wildman–Crippen LogP) is 1.48. The van der Waals surface area contributed by atoms with E-state index in [4.69, 9.17) is 9.88 Å². The maximum atomic E-state index is 12.2. The Bertz CT molecular complexity index is 926. The van der Waals surface area contributed by atoms with Crippen molar-refractivity contribution >= 4 is 27.4 Å². The Kier molecular flexibility index (Phi) is 5.64. The molecule has 1 aliphatic heterocycles. The number of benzene rings is 2. The van der Waals surface area contributed by atoms with Crippen LogP contribution in [0.5, 0.6) is 0 Å². The van der Waals surface area contributed by atoms with Crippen molar-refractivity contribution in [2.45, 2.75) is 11.4 Å². The number of hydrogen-bond donors (Lipinski definition) is 3. The van der Waals surface area contributed by atoms with Crippen LogP contribution in [0.4, 0.5) is 11.4 Å². The molecular weight excluding hydrogens is 370 g/mol. The number of primary sulfonamides is 1. The molecular formula is C18H21N3O5S. The molecule has 0 saturated carbocycles. The van der Waals surface area contributed by atoms with Crippen molar-refractivity contribution in [2.24, 2.45) is 5.14 Å². The molecule has 3 rings (SSSR count). The molecule has 0 bridgehead atoms. The molecule has 2 aromatic rings.